The Morgan fingerprint density at radius 2 is 2.17 bits per heavy atom. The topological polar surface area (TPSA) is 21.3 Å². The maximum atomic E-state index is 5.48. The minimum Gasteiger partial charge on any atom is -0.496 e. The van der Waals surface area contributed by atoms with Crippen LogP contribution in [-0.2, 0) is 6.42 Å². The molecule has 0 radical (unpaired) electrons. The highest BCUT2D eigenvalue weighted by Gasteiger charge is 2.37. The van der Waals surface area contributed by atoms with Crippen molar-refractivity contribution in [3.8, 4) is 5.75 Å². The molecule has 0 unspecified atom stereocenters. The van der Waals surface area contributed by atoms with Crippen LogP contribution in [0.4, 0.5) is 0 Å². The van der Waals surface area contributed by atoms with Crippen LogP contribution in [0.2, 0.25) is 0 Å². The van der Waals surface area contributed by atoms with E-state index in [4.69, 9.17) is 4.74 Å². The van der Waals surface area contributed by atoms with Gasteiger partial charge in [-0.05, 0) is 55.0 Å². The van der Waals surface area contributed by atoms with E-state index >= 15 is 0 Å². The number of hydrogen-bond donors (Lipinski definition) is 1. The summed E-state index contributed by atoms with van der Waals surface area (Å²) >= 11 is 3.55. The van der Waals surface area contributed by atoms with E-state index in [-0.39, 0.29) is 0 Å². The first-order chi connectivity index (χ1) is 8.69. The number of benzene rings is 1. The highest BCUT2D eigenvalue weighted by Crippen LogP contribution is 2.44. The maximum absolute atomic E-state index is 5.48. The fourth-order valence-electron chi connectivity index (χ4n) is 2.77. The highest BCUT2D eigenvalue weighted by atomic mass is 79.9. The van der Waals surface area contributed by atoms with E-state index in [0.717, 1.165) is 29.7 Å². The Hall–Kier alpha value is -0.540. The van der Waals surface area contributed by atoms with Crippen molar-refractivity contribution in [3.05, 3.63) is 28.2 Å². The van der Waals surface area contributed by atoms with Gasteiger partial charge in [0.15, 0.2) is 0 Å². The van der Waals surface area contributed by atoms with Gasteiger partial charge in [0, 0.05) is 11.0 Å². The summed E-state index contributed by atoms with van der Waals surface area (Å²) in [4.78, 5) is 0. The molecule has 0 bridgehead atoms. The molecule has 2 rings (SSSR count). The number of ether oxygens (including phenoxy) is 1. The van der Waals surface area contributed by atoms with E-state index in [1.807, 2.05) is 6.07 Å². The Labute approximate surface area is 118 Å². The third kappa shape index (κ3) is 3.07. The highest BCUT2D eigenvalue weighted by molar-refractivity contribution is 9.10. The molecule has 0 amide bonds. The molecule has 1 aliphatic carbocycles. The molecule has 0 heterocycles. The Morgan fingerprint density at radius 3 is 2.72 bits per heavy atom. The van der Waals surface area contributed by atoms with Crippen LogP contribution in [-0.4, -0.2) is 20.2 Å². The average molecular weight is 312 g/mol. The monoisotopic (exact) mass is 311 g/mol. The van der Waals surface area contributed by atoms with E-state index in [9.17, 15) is 0 Å². The van der Waals surface area contributed by atoms with E-state index in [0.29, 0.717) is 5.41 Å². The molecular weight excluding hydrogens is 290 g/mol. The predicted octanol–water partition coefficient (Wildman–Crippen LogP) is 3.78. The fourth-order valence-corrected chi connectivity index (χ4v) is 3.18. The summed E-state index contributed by atoms with van der Waals surface area (Å²) in [6, 6.07) is 6.30. The molecule has 0 saturated heterocycles. The zero-order valence-electron chi connectivity index (χ0n) is 11.3. The van der Waals surface area contributed by atoms with Crippen molar-refractivity contribution in [1.29, 1.82) is 0 Å². The lowest BCUT2D eigenvalue weighted by Gasteiger charge is -2.42. The van der Waals surface area contributed by atoms with Crippen molar-refractivity contribution in [2.45, 2.75) is 32.6 Å². The molecule has 1 aliphatic rings. The summed E-state index contributed by atoms with van der Waals surface area (Å²) in [7, 11) is 1.75. The summed E-state index contributed by atoms with van der Waals surface area (Å²) in [6.07, 6.45) is 5.13. The van der Waals surface area contributed by atoms with Gasteiger partial charge in [0.1, 0.15) is 5.75 Å². The van der Waals surface area contributed by atoms with Crippen molar-refractivity contribution < 1.29 is 4.74 Å². The molecule has 1 aromatic rings. The van der Waals surface area contributed by atoms with Gasteiger partial charge in [0.25, 0.3) is 0 Å². The lowest BCUT2D eigenvalue weighted by atomic mass is 9.65. The van der Waals surface area contributed by atoms with E-state index < -0.39 is 0 Å². The Balaban J connectivity index is 2.13. The molecule has 0 aromatic heterocycles. The number of hydrogen-bond acceptors (Lipinski definition) is 2. The minimum absolute atomic E-state index is 0.448. The minimum atomic E-state index is 0.448. The van der Waals surface area contributed by atoms with Crippen LogP contribution in [0.25, 0.3) is 0 Å². The molecule has 1 aromatic carbocycles. The third-order valence-electron chi connectivity index (χ3n) is 3.97. The Bertz CT molecular complexity index is 401. The van der Waals surface area contributed by atoms with Gasteiger partial charge in [-0.25, -0.2) is 0 Å². The van der Waals surface area contributed by atoms with Crippen molar-refractivity contribution in [3.63, 3.8) is 0 Å². The zero-order chi connectivity index (χ0) is 13.0. The lowest BCUT2D eigenvalue weighted by Crippen LogP contribution is -2.41. The standard InChI is InChI=1S/C15H22BrNO/c1-3-17-11-15(7-4-8-15)10-12-9-13(16)5-6-14(12)18-2/h5-6,9,17H,3-4,7-8,10-11H2,1-2H3. The molecule has 1 N–H and O–H groups in total. The second kappa shape index (κ2) is 6.07. The van der Waals surface area contributed by atoms with Crippen LogP contribution in [0, 0.1) is 5.41 Å². The van der Waals surface area contributed by atoms with Crippen LogP contribution in [0.5, 0.6) is 5.75 Å². The van der Waals surface area contributed by atoms with Gasteiger partial charge in [-0.15, -0.1) is 0 Å². The van der Waals surface area contributed by atoms with E-state index in [1.165, 1.54) is 24.8 Å². The van der Waals surface area contributed by atoms with Crippen LogP contribution in [0.15, 0.2) is 22.7 Å². The third-order valence-corrected chi connectivity index (χ3v) is 4.47. The Morgan fingerprint density at radius 1 is 1.39 bits per heavy atom. The Kier molecular flexibility index (Phi) is 4.68. The van der Waals surface area contributed by atoms with Gasteiger partial charge < -0.3 is 10.1 Å². The number of rotatable bonds is 6. The van der Waals surface area contributed by atoms with E-state index in [2.05, 4.69) is 40.3 Å². The SMILES string of the molecule is CCNCC1(Cc2cc(Br)ccc2OC)CCC1. The van der Waals surface area contributed by atoms with Gasteiger partial charge in [0.05, 0.1) is 7.11 Å². The zero-order valence-corrected chi connectivity index (χ0v) is 12.8. The second-order valence-electron chi connectivity index (χ2n) is 5.27. The number of halogens is 1. The van der Waals surface area contributed by atoms with Crippen molar-refractivity contribution >= 4 is 15.9 Å². The van der Waals surface area contributed by atoms with Crippen LogP contribution >= 0.6 is 15.9 Å². The van der Waals surface area contributed by atoms with Crippen LogP contribution < -0.4 is 10.1 Å². The summed E-state index contributed by atoms with van der Waals surface area (Å²) in [5.74, 6) is 1.01. The van der Waals surface area contributed by atoms with Crippen molar-refractivity contribution in [2.24, 2.45) is 5.41 Å². The smallest absolute Gasteiger partial charge is 0.122 e. The molecular formula is C15H22BrNO. The van der Waals surface area contributed by atoms with Gasteiger partial charge in [-0.3, -0.25) is 0 Å². The molecule has 100 valence electrons. The fraction of sp³-hybridized carbons (Fsp3) is 0.600. The number of nitrogens with one attached hydrogen (secondary N) is 1. The average Bonchev–Trinajstić information content (AvgIpc) is 2.32. The molecule has 2 nitrogen and oxygen atoms in total. The van der Waals surface area contributed by atoms with Gasteiger partial charge >= 0.3 is 0 Å². The first-order valence-corrected chi connectivity index (χ1v) is 7.51. The van der Waals surface area contributed by atoms with Crippen molar-refractivity contribution in [2.75, 3.05) is 20.2 Å². The first kappa shape index (κ1) is 13.9. The first-order valence-electron chi connectivity index (χ1n) is 6.72. The number of methoxy groups -OCH3 is 1. The quantitative estimate of drug-likeness (QED) is 0.863. The van der Waals surface area contributed by atoms with Crippen molar-refractivity contribution in [1.82, 2.24) is 5.32 Å². The van der Waals surface area contributed by atoms with Gasteiger partial charge in [-0.2, -0.15) is 0 Å². The van der Waals surface area contributed by atoms with E-state index in [1.54, 1.807) is 7.11 Å². The molecule has 0 aliphatic heterocycles. The van der Waals surface area contributed by atoms with Gasteiger partial charge in [0.2, 0.25) is 0 Å². The lowest BCUT2D eigenvalue weighted by molar-refractivity contribution is 0.130. The normalized spacial score (nSPS) is 17.3. The molecule has 3 heteroatoms. The predicted molar refractivity (Wildman–Crippen MR) is 79.2 cm³/mol. The summed E-state index contributed by atoms with van der Waals surface area (Å²) in [5.41, 5.74) is 1.77. The summed E-state index contributed by atoms with van der Waals surface area (Å²) in [5, 5.41) is 3.51. The maximum Gasteiger partial charge on any atom is 0.122 e. The molecule has 1 fully saturated rings. The summed E-state index contributed by atoms with van der Waals surface area (Å²) in [6.45, 7) is 4.35. The molecule has 0 atom stereocenters. The largest absolute Gasteiger partial charge is 0.496 e. The molecule has 1 saturated carbocycles. The summed E-state index contributed by atoms with van der Waals surface area (Å²) < 4.78 is 6.61. The second-order valence-corrected chi connectivity index (χ2v) is 6.18. The molecule has 0 spiro atoms. The van der Waals surface area contributed by atoms with Crippen LogP contribution in [0.1, 0.15) is 31.7 Å². The molecule has 18 heavy (non-hydrogen) atoms. The van der Waals surface area contributed by atoms with Crippen LogP contribution in [0.3, 0.4) is 0 Å². The van der Waals surface area contributed by atoms with Gasteiger partial charge in [-0.1, -0.05) is 29.3 Å².